The minimum atomic E-state index is -0.0570. The van der Waals surface area contributed by atoms with Gasteiger partial charge in [0.25, 0.3) is 5.91 Å². The van der Waals surface area contributed by atoms with E-state index >= 15 is 0 Å². The van der Waals surface area contributed by atoms with Crippen LogP contribution in [-0.2, 0) is 4.79 Å². The summed E-state index contributed by atoms with van der Waals surface area (Å²) in [4.78, 5) is 28.6. The number of anilines is 3. The molecule has 4 aromatic rings. The first-order chi connectivity index (χ1) is 19.6. The lowest BCUT2D eigenvalue weighted by Crippen LogP contribution is -2.44. The van der Waals surface area contributed by atoms with Gasteiger partial charge in [-0.25, -0.2) is 9.97 Å². The Morgan fingerprint density at radius 1 is 0.950 bits per heavy atom. The fourth-order valence-electron chi connectivity index (χ4n) is 4.94. The Bertz CT molecular complexity index is 1500. The minimum Gasteiger partial charge on any atom is -0.489 e. The lowest BCUT2D eigenvalue weighted by molar-refractivity contribution is -0.114. The van der Waals surface area contributed by atoms with Gasteiger partial charge in [-0.05, 0) is 55.6 Å². The zero-order valence-electron chi connectivity index (χ0n) is 22.5. The summed E-state index contributed by atoms with van der Waals surface area (Å²) in [5.41, 5.74) is 2.30. The van der Waals surface area contributed by atoms with Crippen molar-refractivity contribution in [3.8, 4) is 17.2 Å². The van der Waals surface area contributed by atoms with E-state index in [1.54, 1.807) is 11.0 Å². The van der Waals surface area contributed by atoms with Crippen molar-refractivity contribution in [2.45, 2.75) is 0 Å². The van der Waals surface area contributed by atoms with E-state index in [2.05, 4.69) is 32.1 Å². The molecule has 1 fully saturated rings. The molecule has 0 radical (unpaired) electrons. The second-order valence-corrected chi connectivity index (χ2v) is 9.94. The van der Waals surface area contributed by atoms with E-state index in [4.69, 9.17) is 9.47 Å². The lowest BCUT2D eigenvalue weighted by atomic mass is 10.1. The monoisotopic (exact) mass is 536 g/mol. The standard InChI is InChI=1S/C31H32N6O3/c1-35-16-18-36(19-17-35)15-5-8-28(38)37-20-21-39-30-27(37)14-13-26-29(30)31(33-22-32-26)34-23-9-11-25(12-10-23)40-24-6-3-2-4-7-24/h2-14,22H,15-21H2,1H3,(H,32,33,34)/b8-5+. The maximum absolute atomic E-state index is 13.2. The number of ether oxygens (including phenoxy) is 2. The molecule has 0 unspecified atom stereocenters. The van der Waals surface area contributed by atoms with Crippen LogP contribution in [0.1, 0.15) is 0 Å². The topological polar surface area (TPSA) is 83.1 Å². The van der Waals surface area contributed by atoms with Gasteiger partial charge in [0, 0.05) is 44.5 Å². The molecule has 3 heterocycles. The molecule has 0 atom stereocenters. The zero-order chi connectivity index (χ0) is 27.3. The van der Waals surface area contributed by atoms with E-state index < -0.39 is 0 Å². The zero-order valence-corrected chi connectivity index (χ0v) is 22.5. The van der Waals surface area contributed by atoms with Gasteiger partial charge < -0.3 is 24.6 Å². The quantitative estimate of drug-likeness (QED) is 0.341. The predicted octanol–water partition coefficient (Wildman–Crippen LogP) is 4.69. The number of aromatic nitrogens is 2. The Hall–Kier alpha value is -4.47. The number of hydrogen-bond acceptors (Lipinski definition) is 8. The summed E-state index contributed by atoms with van der Waals surface area (Å²) in [5, 5.41) is 4.13. The van der Waals surface area contributed by atoms with Crippen LogP contribution in [0, 0.1) is 0 Å². The van der Waals surface area contributed by atoms with Crippen LogP contribution in [0.3, 0.4) is 0 Å². The summed E-state index contributed by atoms with van der Waals surface area (Å²) in [6.45, 7) is 5.77. The smallest absolute Gasteiger partial charge is 0.250 e. The van der Waals surface area contributed by atoms with Gasteiger partial charge in [-0.3, -0.25) is 9.69 Å². The SMILES string of the molecule is CN1CCN(C/C=C/C(=O)N2CCOc3c2ccc2ncnc(Nc4ccc(Oc5ccccc5)cc4)c32)CC1. The summed E-state index contributed by atoms with van der Waals surface area (Å²) < 4.78 is 12.0. The van der Waals surface area contributed by atoms with Gasteiger partial charge in [-0.2, -0.15) is 0 Å². The molecule has 2 aliphatic rings. The first-order valence-electron chi connectivity index (χ1n) is 13.5. The third kappa shape index (κ3) is 5.75. The molecule has 1 N–H and O–H groups in total. The van der Waals surface area contributed by atoms with E-state index in [9.17, 15) is 4.79 Å². The molecular weight excluding hydrogens is 504 g/mol. The maximum atomic E-state index is 13.2. The van der Waals surface area contributed by atoms with Crippen molar-refractivity contribution in [1.82, 2.24) is 19.8 Å². The minimum absolute atomic E-state index is 0.0570. The Morgan fingerprint density at radius 2 is 1.73 bits per heavy atom. The molecule has 9 nitrogen and oxygen atoms in total. The number of nitrogens with zero attached hydrogens (tertiary/aromatic N) is 5. The first-order valence-corrected chi connectivity index (χ1v) is 13.5. The first kappa shape index (κ1) is 25.8. The summed E-state index contributed by atoms with van der Waals surface area (Å²) >= 11 is 0. The van der Waals surface area contributed by atoms with Crippen LogP contribution in [0.2, 0.25) is 0 Å². The maximum Gasteiger partial charge on any atom is 0.250 e. The number of para-hydroxylation sites is 1. The Kier molecular flexibility index (Phi) is 7.56. The molecule has 1 aromatic heterocycles. The summed E-state index contributed by atoms with van der Waals surface area (Å²) in [5.74, 6) is 2.68. The van der Waals surface area contributed by atoms with Crippen LogP contribution in [0.4, 0.5) is 17.2 Å². The molecule has 3 aromatic carbocycles. The summed E-state index contributed by atoms with van der Waals surface area (Å²) in [6, 6.07) is 21.1. The van der Waals surface area contributed by atoms with E-state index in [1.807, 2.05) is 72.8 Å². The van der Waals surface area contributed by atoms with Crippen molar-refractivity contribution in [3.05, 3.63) is 85.2 Å². The van der Waals surface area contributed by atoms with Gasteiger partial charge >= 0.3 is 0 Å². The highest BCUT2D eigenvalue weighted by Gasteiger charge is 2.26. The molecule has 0 aliphatic carbocycles. The molecule has 0 saturated carbocycles. The molecule has 1 amide bonds. The Morgan fingerprint density at radius 3 is 2.52 bits per heavy atom. The number of benzene rings is 3. The van der Waals surface area contributed by atoms with E-state index in [1.165, 1.54) is 6.33 Å². The van der Waals surface area contributed by atoms with Crippen molar-refractivity contribution in [1.29, 1.82) is 0 Å². The molecule has 204 valence electrons. The largest absolute Gasteiger partial charge is 0.489 e. The second-order valence-electron chi connectivity index (χ2n) is 9.94. The molecule has 6 rings (SSSR count). The average molecular weight is 537 g/mol. The van der Waals surface area contributed by atoms with Crippen molar-refractivity contribution in [2.24, 2.45) is 0 Å². The van der Waals surface area contributed by atoms with Crippen molar-refractivity contribution >= 4 is 34.0 Å². The Labute approximate surface area is 233 Å². The molecular formula is C31H32N6O3. The number of hydrogen-bond donors (Lipinski definition) is 1. The number of rotatable bonds is 7. The summed E-state index contributed by atoms with van der Waals surface area (Å²) in [7, 11) is 2.14. The number of amides is 1. The van der Waals surface area contributed by atoms with Gasteiger partial charge in [0.2, 0.25) is 0 Å². The third-order valence-corrected chi connectivity index (χ3v) is 7.17. The molecule has 2 aliphatic heterocycles. The van der Waals surface area contributed by atoms with Crippen molar-refractivity contribution in [2.75, 3.05) is 63.1 Å². The number of carbonyl (C=O) groups excluding carboxylic acids is 1. The fourth-order valence-corrected chi connectivity index (χ4v) is 4.94. The van der Waals surface area contributed by atoms with Crippen LogP contribution < -0.4 is 19.7 Å². The van der Waals surface area contributed by atoms with Gasteiger partial charge in [0.15, 0.2) is 5.75 Å². The van der Waals surface area contributed by atoms with E-state index in [-0.39, 0.29) is 5.91 Å². The van der Waals surface area contributed by atoms with Crippen LogP contribution in [0.5, 0.6) is 17.2 Å². The fraction of sp³-hybridized carbons (Fsp3) is 0.258. The third-order valence-electron chi connectivity index (χ3n) is 7.17. The Balaban J connectivity index is 1.20. The van der Waals surface area contributed by atoms with Crippen LogP contribution in [-0.4, -0.2) is 78.6 Å². The average Bonchev–Trinajstić information content (AvgIpc) is 2.99. The summed E-state index contributed by atoms with van der Waals surface area (Å²) in [6.07, 6.45) is 5.17. The number of fused-ring (bicyclic) bond motifs is 3. The van der Waals surface area contributed by atoms with E-state index in [0.717, 1.165) is 66.5 Å². The predicted molar refractivity (Wildman–Crippen MR) is 157 cm³/mol. The van der Waals surface area contributed by atoms with E-state index in [0.29, 0.717) is 24.7 Å². The molecule has 0 spiro atoms. The second kappa shape index (κ2) is 11.7. The number of carbonyl (C=O) groups is 1. The molecule has 0 bridgehead atoms. The number of likely N-dealkylation sites (N-methyl/N-ethyl adjacent to an activating group) is 1. The highest BCUT2D eigenvalue weighted by Crippen LogP contribution is 2.41. The number of piperazine rings is 1. The number of nitrogens with one attached hydrogen (secondary N) is 1. The van der Waals surface area contributed by atoms with Crippen LogP contribution >= 0.6 is 0 Å². The highest BCUT2D eigenvalue weighted by atomic mass is 16.5. The van der Waals surface area contributed by atoms with Crippen molar-refractivity contribution < 1.29 is 14.3 Å². The van der Waals surface area contributed by atoms with Gasteiger partial charge in [0.1, 0.15) is 30.3 Å². The molecule has 40 heavy (non-hydrogen) atoms. The normalized spacial score (nSPS) is 16.1. The lowest BCUT2D eigenvalue weighted by Gasteiger charge is -2.31. The molecule has 1 saturated heterocycles. The highest BCUT2D eigenvalue weighted by molar-refractivity contribution is 6.07. The molecule has 9 heteroatoms. The van der Waals surface area contributed by atoms with Crippen molar-refractivity contribution in [3.63, 3.8) is 0 Å². The van der Waals surface area contributed by atoms with Gasteiger partial charge in [-0.1, -0.05) is 24.3 Å². The van der Waals surface area contributed by atoms with Gasteiger partial charge in [0.05, 0.1) is 23.1 Å². The van der Waals surface area contributed by atoms with Gasteiger partial charge in [-0.15, -0.1) is 0 Å². The van der Waals surface area contributed by atoms with Crippen LogP contribution in [0.25, 0.3) is 10.9 Å². The van der Waals surface area contributed by atoms with Crippen LogP contribution in [0.15, 0.2) is 85.2 Å².